The summed E-state index contributed by atoms with van der Waals surface area (Å²) in [4.78, 5) is 6.79. The molecule has 0 aliphatic heterocycles. The highest BCUT2D eigenvalue weighted by Crippen LogP contribution is 2.33. The minimum Gasteiger partial charge on any atom is -0.358 e. The first-order valence-electron chi connectivity index (χ1n) is 8.18. The van der Waals surface area contributed by atoms with Crippen LogP contribution in [0.1, 0.15) is 22.9 Å². The summed E-state index contributed by atoms with van der Waals surface area (Å²) in [6.45, 7) is 2.14. The van der Waals surface area contributed by atoms with Gasteiger partial charge in [0.15, 0.2) is 0 Å². The Balaban J connectivity index is 1.87. The van der Waals surface area contributed by atoms with Gasteiger partial charge in [-0.3, -0.25) is 5.32 Å². The molecule has 3 N–H and O–H groups in total. The molecule has 0 fully saturated rings. The van der Waals surface area contributed by atoms with E-state index in [0.717, 1.165) is 5.82 Å². The molecule has 0 bridgehead atoms. The van der Waals surface area contributed by atoms with E-state index in [1.807, 2.05) is 18.3 Å². The highest BCUT2D eigenvalue weighted by molar-refractivity contribution is 5.86. The van der Waals surface area contributed by atoms with Crippen molar-refractivity contribution in [1.29, 1.82) is 0 Å². The van der Waals surface area contributed by atoms with Crippen molar-refractivity contribution in [2.75, 3.05) is 5.32 Å². The summed E-state index contributed by atoms with van der Waals surface area (Å²) in [5, 5.41) is 4.91. The Kier molecular flexibility index (Phi) is 3.75. The number of anilines is 1. The summed E-state index contributed by atoms with van der Waals surface area (Å²) in [5.41, 5.74) is 4.88. The van der Waals surface area contributed by atoms with Gasteiger partial charge in [-0.05, 0) is 19.1 Å². The highest BCUT2D eigenvalue weighted by atomic mass is 15.0. The van der Waals surface area contributed by atoms with Gasteiger partial charge >= 0.3 is 0 Å². The predicted molar refractivity (Wildman–Crippen MR) is 97.9 cm³/mol. The minimum absolute atomic E-state index is 0.0704. The number of H-pyrrole nitrogens is 2. The molecule has 0 saturated heterocycles. The van der Waals surface area contributed by atoms with Gasteiger partial charge in [0, 0.05) is 33.8 Å². The molecule has 118 valence electrons. The van der Waals surface area contributed by atoms with Crippen molar-refractivity contribution in [3.05, 3.63) is 95.8 Å². The lowest BCUT2D eigenvalue weighted by atomic mass is 9.96. The number of para-hydroxylation sites is 1. The van der Waals surface area contributed by atoms with Crippen LogP contribution in [0.4, 0.5) is 5.82 Å². The van der Waals surface area contributed by atoms with Gasteiger partial charge in [-0.15, -0.1) is 0 Å². The van der Waals surface area contributed by atoms with Gasteiger partial charge in [0.2, 0.25) is 0 Å². The zero-order valence-electron chi connectivity index (χ0n) is 13.6. The van der Waals surface area contributed by atoms with Crippen LogP contribution in [-0.4, -0.2) is 4.98 Å². The van der Waals surface area contributed by atoms with Crippen LogP contribution >= 0.6 is 0 Å². The molecule has 1 atom stereocenters. The molecule has 0 amide bonds. The van der Waals surface area contributed by atoms with E-state index in [9.17, 15) is 0 Å². The topological polar surface area (TPSA) is 42.0 Å². The van der Waals surface area contributed by atoms with Crippen molar-refractivity contribution in [3.63, 3.8) is 0 Å². The third kappa shape index (κ3) is 2.65. The summed E-state index contributed by atoms with van der Waals surface area (Å²) >= 11 is 0. The van der Waals surface area contributed by atoms with Crippen LogP contribution in [0.25, 0.3) is 10.9 Å². The van der Waals surface area contributed by atoms with E-state index in [-0.39, 0.29) is 6.04 Å². The second-order valence-electron chi connectivity index (χ2n) is 5.97. The third-order valence-electron chi connectivity index (χ3n) is 4.37. The predicted octanol–water partition coefficient (Wildman–Crippen LogP) is 4.49. The summed E-state index contributed by atoms with van der Waals surface area (Å²) < 4.78 is 0. The average Bonchev–Trinajstić information content (AvgIpc) is 2.97. The SMILES string of the molecule is Cc1[nH]c2ccccc2c1[C@@H](Nc1cccc[nH+]1)c1ccccc1. The van der Waals surface area contributed by atoms with E-state index in [4.69, 9.17) is 0 Å². The molecule has 4 rings (SSSR count). The first kappa shape index (κ1) is 14.5. The Morgan fingerprint density at radius 3 is 2.42 bits per heavy atom. The molecule has 0 spiro atoms. The summed E-state index contributed by atoms with van der Waals surface area (Å²) in [5.74, 6) is 0.996. The standard InChI is InChI=1S/C21H19N3/c1-15-20(17-11-5-6-12-18(17)23-15)21(16-9-3-2-4-10-16)24-19-13-7-8-14-22-19/h2-14,21,23H,1H3,(H,22,24)/p+1/t21-/m0/s1. The molecule has 2 aromatic carbocycles. The van der Waals surface area contributed by atoms with Crippen LogP contribution in [0.5, 0.6) is 0 Å². The minimum atomic E-state index is 0.0704. The number of aryl methyl sites for hydroxylation is 1. The lowest BCUT2D eigenvalue weighted by Gasteiger charge is -2.16. The number of benzene rings is 2. The molecule has 3 heteroatoms. The Hall–Kier alpha value is -3.07. The summed E-state index contributed by atoms with van der Waals surface area (Å²) in [6, 6.07) is 25.2. The molecule has 0 radical (unpaired) electrons. The molecule has 3 nitrogen and oxygen atoms in total. The van der Waals surface area contributed by atoms with E-state index in [0.29, 0.717) is 0 Å². The summed E-state index contributed by atoms with van der Waals surface area (Å²) in [7, 11) is 0. The van der Waals surface area contributed by atoms with Gasteiger partial charge in [-0.1, -0.05) is 54.6 Å². The van der Waals surface area contributed by atoms with Gasteiger partial charge in [0.25, 0.3) is 5.82 Å². The van der Waals surface area contributed by atoms with Crippen molar-refractivity contribution >= 4 is 16.7 Å². The van der Waals surface area contributed by atoms with Crippen LogP contribution in [0, 0.1) is 6.92 Å². The number of hydrogen-bond acceptors (Lipinski definition) is 1. The Morgan fingerprint density at radius 1 is 0.875 bits per heavy atom. The number of fused-ring (bicyclic) bond motifs is 1. The van der Waals surface area contributed by atoms with Crippen molar-refractivity contribution < 1.29 is 4.98 Å². The first-order chi connectivity index (χ1) is 11.8. The van der Waals surface area contributed by atoms with Gasteiger partial charge in [-0.25, -0.2) is 4.98 Å². The van der Waals surface area contributed by atoms with Crippen LogP contribution in [0.2, 0.25) is 0 Å². The molecule has 0 saturated carbocycles. The molecular formula is C21H20N3+. The van der Waals surface area contributed by atoms with Gasteiger partial charge in [0.05, 0.1) is 6.20 Å². The van der Waals surface area contributed by atoms with Gasteiger partial charge in [0.1, 0.15) is 6.04 Å². The number of nitrogens with one attached hydrogen (secondary N) is 3. The van der Waals surface area contributed by atoms with Crippen LogP contribution in [0.15, 0.2) is 79.0 Å². The van der Waals surface area contributed by atoms with Crippen LogP contribution in [0.3, 0.4) is 0 Å². The molecule has 0 unspecified atom stereocenters. The van der Waals surface area contributed by atoms with Crippen LogP contribution < -0.4 is 10.3 Å². The van der Waals surface area contributed by atoms with E-state index in [2.05, 4.69) is 82.9 Å². The molecule has 2 aromatic heterocycles. The lowest BCUT2D eigenvalue weighted by Crippen LogP contribution is -2.19. The molecule has 0 aliphatic rings. The van der Waals surface area contributed by atoms with Crippen molar-refractivity contribution in [1.82, 2.24) is 4.98 Å². The zero-order valence-corrected chi connectivity index (χ0v) is 13.6. The van der Waals surface area contributed by atoms with Crippen molar-refractivity contribution in [3.8, 4) is 0 Å². The van der Waals surface area contributed by atoms with E-state index >= 15 is 0 Å². The monoisotopic (exact) mass is 314 g/mol. The Labute approximate surface area is 141 Å². The molecule has 2 heterocycles. The fourth-order valence-electron chi connectivity index (χ4n) is 3.28. The quantitative estimate of drug-likeness (QED) is 0.572. The normalized spacial score (nSPS) is 12.2. The second kappa shape index (κ2) is 6.20. The lowest BCUT2D eigenvalue weighted by molar-refractivity contribution is -0.361. The Bertz CT molecular complexity index is 943. The fraction of sp³-hybridized carbons (Fsp3) is 0.0952. The maximum absolute atomic E-state index is 3.66. The number of pyridine rings is 1. The van der Waals surface area contributed by atoms with Gasteiger partial charge in [-0.2, -0.15) is 0 Å². The smallest absolute Gasteiger partial charge is 0.272 e. The third-order valence-corrected chi connectivity index (χ3v) is 4.37. The largest absolute Gasteiger partial charge is 0.358 e. The first-order valence-corrected chi connectivity index (χ1v) is 8.18. The molecule has 24 heavy (non-hydrogen) atoms. The fourth-order valence-corrected chi connectivity index (χ4v) is 3.28. The maximum atomic E-state index is 3.66. The van der Waals surface area contributed by atoms with E-state index < -0.39 is 0 Å². The van der Waals surface area contributed by atoms with Crippen molar-refractivity contribution in [2.45, 2.75) is 13.0 Å². The number of aromatic nitrogens is 2. The highest BCUT2D eigenvalue weighted by Gasteiger charge is 2.24. The van der Waals surface area contributed by atoms with Crippen LogP contribution in [-0.2, 0) is 0 Å². The molecule has 0 aliphatic carbocycles. The number of aromatic amines is 2. The zero-order chi connectivity index (χ0) is 16.4. The van der Waals surface area contributed by atoms with E-state index in [1.54, 1.807) is 0 Å². The average molecular weight is 314 g/mol. The Morgan fingerprint density at radius 2 is 1.62 bits per heavy atom. The van der Waals surface area contributed by atoms with E-state index in [1.165, 1.54) is 27.7 Å². The molecule has 4 aromatic rings. The van der Waals surface area contributed by atoms with Crippen molar-refractivity contribution in [2.24, 2.45) is 0 Å². The number of rotatable bonds is 4. The molecular weight excluding hydrogens is 294 g/mol. The second-order valence-corrected chi connectivity index (χ2v) is 5.97. The van der Waals surface area contributed by atoms with Gasteiger partial charge < -0.3 is 4.98 Å². The maximum Gasteiger partial charge on any atom is 0.272 e. The summed E-state index contributed by atoms with van der Waals surface area (Å²) in [6.07, 6.45) is 1.94. The number of hydrogen-bond donors (Lipinski definition) is 2.